The second-order valence-electron chi connectivity index (χ2n) is 6.73. The standard InChI is InChI=1S/C18H26N4O/c1-14-5-3-8-21(12-14)10-7-19-17(23)11-16-13-22-9-4-6-15(2)18(22)20-16/h4,6,9,13-14H,3,5,7-8,10-12H2,1-2H3,(H,19,23). The summed E-state index contributed by atoms with van der Waals surface area (Å²) in [5.41, 5.74) is 2.87. The van der Waals surface area contributed by atoms with Crippen molar-refractivity contribution in [3.63, 3.8) is 0 Å². The minimum atomic E-state index is 0.0520. The first-order valence-corrected chi connectivity index (χ1v) is 8.54. The number of carbonyl (C=O) groups excluding carboxylic acids is 1. The van der Waals surface area contributed by atoms with Crippen molar-refractivity contribution in [3.05, 3.63) is 35.8 Å². The Labute approximate surface area is 137 Å². The van der Waals surface area contributed by atoms with Crippen LogP contribution in [0, 0.1) is 12.8 Å². The van der Waals surface area contributed by atoms with Gasteiger partial charge in [0.2, 0.25) is 5.91 Å². The van der Waals surface area contributed by atoms with E-state index in [9.17, 15) is 4.79 Å². The van der Waals surface area contributed by atoms with Crippen LogP contribution in [0.15, 0.2) is 24.5 Å². The van der Waals surface area contributed by atoms with Crippen LogP contribution in [-0.4, -0.2) is 46.4 Å². The lowest BCUT2D eigenvalue weighted by atomic mass is 10.0. The van der Waals surface area contributed by atoms with E-state index in [0.29, 0.717) is 6.42 Å². The quantitative estimate of drug-likeness (QED) is 0.919. The molecule has 0 saturated carbocycles. The zero-order valence-electron chi connectivity index (χ0n) is 14.1. The zero-order chi connectivity index (χ0) is 16.2. The largest absolute Gasteiger partial charge is 0.354 e. The fourth-order valence-corrected chi connectivity index (χ4v) is 3.36. The third kappa shape index (κ3) is 4.10. The average molecular weight is 314 g/mol. The molecule has 0 aliphatic carbocycles. The van der Waals surface area contributed by atoms with Crippen LogP contribution >= 0.6 is 0 Å². The van der Waals surface area contributed by atoms with E-state index in [0.717, 1.165) is 49.0 Å². The molecule has 23 heavy (non-hydrogen) atoms. The number of aryl methyl sites for hydroxylation is 1. The number of nitrogens with one attached hydrogen (secondary N) is 1. The number of rotatable bonds is 5. The Hall–Kier alpha value is -1.88. The van der Waals surface area contributed by atoms with E-state index in [1.54, 1.807) is 0 Å². The van der Waals surface area contributed by atoms with Gasteiger partial charge in [0.25, 0.3) is 0 Å². The molecule has 0 radical (unpaired) electrons. The van der Waals surface area contributed by atoms with Crippen molar-refractivity contribution in [2.75, 3.05) is 26.2 Å². The molecular formula is C18H26N4O. The Kier molecular flexibility index (Phi) is 4.96. The van der Waals surface area contributed by atoms with Crippen molar-refractivity contribution in [2.24, 2.45) is 5.92 Å². The van der Waals surface area contributed by atoms with Gasteiger partial charge in [0, 0.05) is 32.0 Å². The van der Waals surface area contributed by atoms with Crippen LogP contribution in [0.5, 0.6) is 0 Å². The molecule has 0 aromatic carbocycles. The van der Waals surface area contributed by atoms with Gasteiger partial charge in [0.1, 0.15) is 5.65 Å². The molecule has 2 aromatic heterocycles. The summed E-state index contributed by atoms with van der Waals surface area (Å²) in [5.74, 6) is 0.830. The molecule has 1 atom stereocenters. The molecule has 1 amide bonds. The molecule has 5 nitrogen and oxygen atoms in total. The van der Waals surface area contributed by atoms with E-state index in [4.69, 9.17) is 0 Å². The smallest absolute Gasteiger partial charge is 0.226 e. The van der Waals surface area contributed by atoms with Crippen LogP contribution in [0.1, 0.15) is 31.0 Å². The molecule has 0 bridgehead atoms. The number of fused-ring (bicyclic) bond motifs is 1. The number of pyridine rings is 1. The Bertz CT molecular complexity index is 679. The summed E-state index contributed by atoms with van der Waals surface area (Å²) in [6.45, 7) is 8.31. The highest BCUT2D eigenvalue weighted by molar-refractivity contribution is 5.78. The van der Waals surface area contributed by atoms with Gasteiger partial charge in [-0.15, -0.1) is 0 Å². The summed E-state index contributed by atoms with van der Waals surface area (Å²) < 4.78 is 1.98. The van der Waals surface area contributed by atoms with E-state index in [2.05, 4.69) is 22.1 Å². The lowest BCUT2D eigenvalue weighted by Crippen LogP contribution is -2.40. The SMILES string of the molecule is Cc1cccn2cc(CC(=O)NCCN3CCCC(C)C3)nc12. The van der Waals surface area contributed by atoms with Gasteiger partial charge in [-0.25, -0.2) is 4.98 Å². The maximum atomic E-state index is 12.1. The molecule has 1 unspecified atom stereocenters. The van der Waals surface area contributed by atoms with Gasteiger partial charge < -0.3 is 14.6 Å². The van der Waals surface area contributed by atoms with Crippen LogP contribution in [0.25, 0.3) is 5.65 Å². The third-order valence-corrected chi connectivity index (χ3v) is 4.56. The van der Waals surface area contributed by atoms with Crippen LogP contribution in [0.2, 0.25) is 0 Å². The van der Waals surface area contributed by atoms with E-state index < -0.39 is 0 Å². The van der Waals surface area contributed by atoms with Crippen LogP contribution in [-0.2, 0) is 11.2 Å². The predicted octanol–water partition coefficient (Wildman–Crippen LogP) is 2.03. The monoisotopic (exact) mass is 314 g/mol. The number of nitrogens with zero attached hydrogens (tertiary/aromatic N) is 3. The maximum absolute atomic E-state index is 12.1. The Morgan fingerprint density at radius 1 is 1.48 bits per heavy atom. The number of hydrogen-bond donors (Lipinski definition) is 1. The summed E-state index contributed by atoms with van der Waals surface area (Å²) in [4.78, 5) is 19.1. The highest BCUT2D eigenvalue weighted by Gasteiger charge is 2.16. The second kappa shape index (κ2) is 7.13. The van der Waals surface area contributed by atoms with E-state index in [1.165, 1.54) is 12.8 Å². The van der Waals surface area contributed by atoms with Gasteiger partial charge in [0.15, 0.2) is 0 Å². The number of aromatic nitrogens is 2. The number of carbonyl (C=O) groups is 1. The van der Waals surface area contributed by atoms with Gasteiger partial charge in [-0.3, -0.25) is 4.79 Å². The second-order valence-corrected chi connectivity index (χ2v) is 6.73. The van der Waals surface area contributed by atoms with Crippen LogP contribution in [0.4, 0.5) is 0 Å². The molecule has 1 saturated heterocycles. The summed E-state index contributed by atoms with van der Waals surface area (Å²) in [6, 6.07) is 4.03. The number of hydrogen-bond acceptors (Lipinski definition) is 3. The molecule has 3 heterocycles. The summed E-state index contributed by atoms with van der Waals surface area (Å²) in [7, 11) is 0. The number of likely N-dealkylation sites (tertiary alicyclic amines) is 1. The number of piperidine rings is 1. The Balaban J connectivity index is 1.47. The number of amides is 1. The van der Waals surface area contributed by atoms with E-state index >= 15 is 0 Å². The fourth-order valence-electron chi connectivity index (χ4n) is 3.36. The van der Waals surface area contributed by atoms with Crippen molar-refractivity contribution >= 4 is 11.6 Å². The van der Waals surface area contributed by atoms with Crippen LogP contribution in [0.3, 0.4) is 0 Å². The normalized spacial score (nSPS) is 19.1. The van der Waals surface area contributed by atoms with E-state index in [1.807, 2.05) is 35.9 Å². The van der Waals surface area contributed by atoms with Crippen molar-refractivity contribution in [2.45, 2.75) is 33.1 Å². The van der Waals surface area contributed by atoms with Crippen molar-refractivity contribution in [3.8, 4) is 0 Å². The minimum absolute atomic E-state index is 0.0520. The molecule has 1 fully saturated rings. The summed E-state index contributed by atoms with van der Waals surface area (Å²) in [5, 5.41) is 3.02. The first kappa shape index (κ1) is 16.0. The van der Waals surface area contributed by atoms with Crippen LogP contribution < -0.4 is 5.32 Å². The molecular weight excluding hydrogens is 288 g/mol. The molecule has 0 spiro atoms. The molecule has 1 N–H and O–H groups in total. The molecule has 1 aliphatic heterocycles. The summed E-state index contributed by atoms with van der Waals surface area (Å²) >= 11 is 0. The fraction of sp³-hybridized carbons (Fsp3) is 0.556. The zero-order valence-corrected chi connectivity index (χ0v) is 14.1. The minimum Gasteiger partial charge on any atom is -0.354 e. The molecule has 124 valence electrons. The Morgan fingerprint density at radius 3 is 3.13 bits per heavy atom. The molecule has 2 aromatic rings. The van der Waals surface area contributed by atoms with Crippen molar-refractivity contribution in [1.82, 2.24) is 19.6 Å². The van der Waals surface area contributed by atoms with E-state index in [-0.39, 0.29) is 5.91 Å². The van der Waals surface area contributed by atoms with Gasteiger partial charge in [-0.05, 0) is 43.9 Å². The highest BCUT2D eigenvalue weighted by Crippen LogP contribution is 2.14. The van der Waals surface area contributed by atoms with Gasteiger partial charge in [-0.1, -0.05) is 13.0 Å². The summed E-state index contributed by atoms with van der Waals surface area (Å²) in [6.07, 6.45) is 6.85. The highest BCUT2D eigenvalue weighted by atomic mass is 16.1. The third-order valence-electron chi connectivity index (χ3n) is 4.56. The topological polar surface area (TPSA) is 49.6 Å². The Morgan fingerprint density at radius 2 is 2.35 bits per heavy atom. The van der Waals surface area contributed by atoms with Crippen molar-refractivity contribution < 1.29 is 4.79 Å². The predicted molar refractivity (Wildman–Crippen MR) is 91.5 cm³/mol. The molecule has 5 heteroatoms. The average Bonchev–Trinajstić information content (AvgIpc) is 2.91. The van der Waals surface area contributed by atoms with Gasteiger partial charge in [0.05, 0.1) is 12.1 Å². The lowest BCUT2D eigenvalue weighted by Gasteiger charge is -2.30. The molecule has 3 rings (SSSR count). The maximum Gasteiger partial charge on any atom is 0.226 e. The first-order chi connectivity index (χ1) is 11.1. The van der Waals surface area contributed by atoms with Crippen molar-refractivity contribution in [1.29, 1.82) is 0 Å². The van der Waals surface area contributed by atoms with Gasteiger partial charge in [-0.2, -0.15) is 0 Å². The lowest BCUT2D eigenvalue weighted by molar-refractivity contribution is -0.120. The number of imidazole rings is 1. The van der Waals surface area contributed by atoms with Gasteiger partial charge >= 0.3 is 0 Å². The first-order valence-electron chi connectivity index (χ1n) is 8.54. The molecule has 1 aliphatic rings.